The normalized spacial score (nSPS) is 15.8. The molecule has 0 bridgehead atoms. The number of esters is 1. The van der Waals surface area contributed by atoms with E-state index in [0.717, 1.165) is 54.7 Å². The molecule has 1 fully saturated rings. The topological polar surface area (TPSA) is 72.5 Å². The lowest BCUT2D eigenvalue weighted by Crippen LogP contribution is -2.45. The second-order valence-electron chi connectivity index (χ2n) is 9.51. The van der Waals surface area contributed by atoms with Crippen molar-refractivity contribution in [3.63, 3.8) is 0 Å². The van der Waals surface area contributed by atoms with Crippen LogP contribution in [-0.2, 0) is 15.1 Å². The molecule has 3 N–H and O–H groups in total. The molecule has 1 unspecified atom stereocenters. The molecule has 38 heavy (non-hydrogen) atoms. The van der Waals surface area contributed by atoms with Crippen molar-refractivity contribution in [2.45, 2.75) is 97.3 Å². The first kappa shape index (κ1) is 32.6. The van der Waals surface area contributed by atoms with Gasteiger partial charge in [-0.25, -0.2) is 4.79 Å². The van der Waals surface area contributed by atoms with E-state index in [0.29, 0.717) is 18.0 Å². The van der Waals surface area contributed by atoms with Crippen LogP contribution < -0.4 is 5.73 Å². The van der Waals surface area contributed by atoms with Crippen molar-refractivity contribution in [3.05, 3.63) is 48.0 Å². The maximum atomic E-state index is 12.8. The van der Waals surface area contributed by atoms with Crippen LogP contribution in [0.2, 0.25) is 0 Å². The molecule has 2 aromatic carbocycles. The molecule has 1 saturated carbocycles. The Balaban J connectivity index is 0.000000396. The van der Waals surface area contributed by atoms with E-state index in [9.17, 15) is 9.90 Å². The van der Waals surface area contributed by atoms with Crippen molar-refractivity contribution in [2.24, 2.45) is 17.6 Å². The molecule has 0 aromatic heterocycles. The third kappa shape index (κ3) is 8.19. The average Bonchev–Trinajstić information content (AvgIpc) is 2.94. The van der Waals surface area contributed by atoms with Crippen LogP contribution in [0.1, 0.15) is 77.7 Å². The van der Waals surface area contributed by atoms with Gasteiger partial charge in [-0.3, -0.25) is 0 Å². The zero-order valence-corrected chi connectivity index (χ0v) is 25.3. The Morgan fingerprint density at radius 3 is 2.21 bits per heavy atom. The van der Waals surface area contributed by atoms with Gasteiger partial charge in [-0.05, 0) is 62.4 Å². The minimum atomic E-state index is -1.56. The van der Waals surface area contributed by atoms with Crippen molar-refractivity contribution in [1.82, 2.24) is 0 Å². The first-order valence-electron chi connectivity index (χ1n) is 13.6. The summed E-state index contributed by atoms with van der Waals surface area (Å²) in [6, 6.07) is 14.3. The van der Waals surface area contributed by atoms with E-state index >= 15 is 0 Å². The predicted molar refractivity (Wildman–Crippen MR) is 161 cm³/mol. The fourth-order valence-electron chi connectivity index (χ4n) is 4.83. The summed E-state index contributed by atoms with van der Waals surface area (Å²) in [6.07, 6.45) is 8.15. The third-order valence-corrected chi connectivity index (χ3v) is 9.56. The number of nitrogens with two attached hydrogens (primary N) is 1. The van der Waals surface area contributed by atoms with Crippen LogP contribution in [0.25, 0.3) is 0 Å². The minimum Gasteiger partial charge on any atom is -0.464 e. The number of carbonyl (C=O) groups is 1. The van der Waals surface area contributed by atoms with E-state index in [1.54, 1.807) is 30.4 Å². The smallest absolute Gasteiger partial charge is 0.343 e. The quantitative estimate of drug-likeness (QED) is 0.221. The van der Waals surface area contributed by atoms with Gasteiger partial charge in [0.05, 0.1) is 6.61 Å². The van der Waals surface area contributed by atoms with E-state index < -0.39 is 11.6 Å². The van der Waals surface area contributed by atoms with Gasteiger partial charge < -0.3 is 15.6 Å². The molecule has 0 saturated heterocycles. The van der Waals surface area contributed by atoms with Gasteiger partial charge in [0.1, 0.15) is 0 Å². The summed E-state index contributed by atoms with van der Waals surface area (Å²) in [5, 5.41) is 11.6. The highest BCUT2D eigenvalue weighted by Crippen LogP contribution is 2.50. The maximum absolute atomic E-state index is 12.8. The van der Waals surface area contributed by atoms with Crippen molar-refractivity contribution >= 4 is 41.9 Å². The summed E-state index contributed by atoms with van der Waals surface area (Å²) < 4.78 is 5.31. The molecule has 4 rings (SSSR count). The zero-order valence-electron chi connectivity index (χ0n) is 22.8. The molecular formula is C31H42ClNO3S2. The Labute approximate surface area is 243 Å². The van der Waals surface area contributed by atoms with Crippen LogP contribution in [-0.4, -0.2) is 24.2 Å². The van der Waals surface area contributed by atoms with Gasteiger partial charge in [-0.15, -0.1) is 18.3 Å². The SMILES string of the molecule is CCC(C#CCCN)CC.CCOC(=O)C(O)(c1ccc2c(c1)Sc1ccccc1S2)C1CCCCC1.Cl. The highest BCUT2D eigenvalue weighted by molar-refractivity contribution is 8.05. The summed E-state index contributed by atoms with van der Waals surface area (Å²) in [4.78, 5) is 17.6. The van der Waals surface area contributed by atoms with Gasteiger partial charge in [0.2, 0.25) is 0 Å². The van der Waals surface area contributed by atoms with Crippen molar-refractivity contribution in [2.75, 3.05) is 13.2 Å². The van der Waals surface area contributed by atoms with Gasteiger partial charge in [0.15, 0.2) is 5.60 Å². The number of hydrogen-bond acceptors (Lipinski definition) is 6. The van der Waals surface area contributed by atoms with E-state index in [-0.39, 0.29) is 24.9 Å². The lowest BCUT2D eigenvalue weighted by atomic mass is 9.73. The fraction of sp³-hybridized carbons (Fsp3) is 0.516. The number of fused-ring (bicyclic) bond motifs is 2. The minimum absolute atomic E-state index is 0. The number of aliphatic hydroxyl groups is 1. The Morgan fingerprint density at radius 2 is 1.63 bits per heavy atom. The monoisotopic (exact) mass is 575 g/mol. The van der Waals surface area contributed by atoms with Crippen LogP contribution in [0.4, 0.5) is 0 Å². The van der Waals surface area contributed by atoms with Gasteiger partial charge in [0, 0.05) is 44.4 Å². The largest absolute Gasteiger partial charge is 0.464 e. The van der Waals surface area contributed by atoms with Crippen molar-refractivity contribution in [1.29, 1.82) is 0 Å². The van der Waals surface area contributed by atoms with Crippen molar-refractivity contribution in [3.8, 4) is 11.8 Å². The fourth-order valence-corrected chi connectivity index (χ4v) is 7.08. The molecule has 1 heterocycles. The second kappa shape index (κ2) is 16.5. The Bertz CT molecular complexity index is 1090. The second-order valence-corrected chi connectivity index (χ2v) is 11.7. The summed E-state index contributed by atoms with van der Waals surface area (Å²) in [7, 11) is 0. The van der Waals surface area contributed by atoms with E-state index in [1.165, 1.54) is 16.2 Å². The number of ether oxygens (including phenoxy) is 1. The van der Waals surface area contributed by atoms with Crippen LogP contribution in [0.3, 0.4) is 0 Å². The molecule has 0 amide bonds. The van der Waals surface area contributed by atoms with Gasteiger partial charge in [-0.2, -0.15) is 0 Å². The van der Waals surface area contributed by atoms with Crippen LogP contribution in [0.5, 0.6) is 0 Å². The lowest BCUT2D eigenvalue weighted by molar-refractivity contribution is -0.175. The van der Waals surface area contributed by atoms with E-state index in [2.05, 4.69) is 37.8 Å². The number of rotatable bonds is 7. The summed E-state index contributed by atoms with van der Waals surface area (Å²) in [6.45, 7) is 7.09. The summed E-state index contributed by atoms with van der Waals surface area (Å²) in [5.74, 6) is 6.25. The van der Waals surface area contributed by atoms with Gasteiger partial charge in [0.25, 0.3) is 0 Å². The Morgan fingerprint density at radius 1 is 1.03 bits per heavy atom. The Kier molecular flexibility index (Phi) is 14.1. The molecule has 1 aliphatic heterocycles. The highest BCUT2D eigenvalue weighted by atomic mass is 35.5. The molecule has 0 radical (unpaired) electrons. The number of carbonyl (C=O) groups excluding carboxylic acids is 1. The molecule has 2 aromatic rings. The average molecular weight is 576 g/mol. The summed E-state index contributed by atoms with van der Waals surface area (Å²) in [5.41, 5.74) is 4.40. The van der Waals surface area contributed by atoms with Gasteiger partial charge in [-0.1, -0.05) is 80.8 Å². The first-order chi connectivity index (χ1) is 18.0. The van der Waals surface area contributed by atoms with Crippen molar-refractivity contribution < 1.29 is 14.6 Å². The molecule has 1 aliphatic carbocycles. The standard InChI is InChI=1S/C22H24O3S2.C9H17N.ClH/c1-2-25-21(23)22(24,15-8-4-3-5-9-15)16-12-13-19-20(14-16)27-18-11-7-6-10-17(18)26-19;1-3-9(4-2)7-5-6-8-10;/h6-7,10-15,24H,2-5,8-9H2,1H3;9H,3-4,6,8,10H2,1-2H3;1H. The zero-order chi connectivity index (χ0) is 26.7. The van der Waals surface area contributed by atoms with E-state index in [4.69, 9.17) is 10.5 Å². The molecular weight excluding hydrogens is 534 g/mol. The molecule has 1 atom stereocenters. The third-order valence-electron chi connectivity index (χ3n) is 7.02. The van der Waals surface area contributed by atoms with Crippen LogP contribution in [0, 0.1) is 23.7 Å². The molecule has 2 aliphatic rings. The van der Waals surface area contributed by atoms with Crippen LogP contribution >= 0.6 is 35.9 Å². The predicted octanol–water partition coefficient (Wildman–Crippen LogP) is 7.83. The van der Waals surface area contributed by atoms with E-state index in [1.807, 2.05) is 30.3 Å². The highest BCUT2D eigenvalue weighted by Gasteiger charge is 2.47. The Hall–Kier alpha value is -1.62. The van der Waals surface area contributed by atoms with Gasteiger partial charge >= 0.3 is 5.97 Å². The first-order valence-corrected chi connectivity index (χ1v) is 15.3. The molecule has 7 heteroatoms. The lowest BCUT2D eigenvalue weighted by Gasteiger charge is -2.37. The molecule has 4 nitrogen and oxygen atoms in total. The molecule has 0 spiro atoms. The maximum Gasteiger partial charge on any atom is 0.343 e. The number of benzene rings is 2. The number of halogens is 1. The summed E-state index contributed by atoms with van der Waals surface area (Å²) >= 11 is 3.44. The van der Waals surface area contributed by atoms with Crippen LogP contribution in [0.15, 0.2) is 62.0 Å². The number of hydrogen-bond donors (Lipinski definition) is 2. The molecule has 208 valence electrons.